The van der Waals surface area contributed by atoms with Gasteiger partial charge in [-0.05, 0) is 31.4 Å². The second kappa shape index (κ2) is 5.81. The van der Waals surface area contributed by atoms with Crippen LogP contribution in [-0.2, 0) is 4.74 Å². The summed E-state index contributed by atoms with van der Waals surface area (Å²) >= 11 is 7.15. The van der Waals surface area contributed by atoms with Gasteiger partial charge in [-0.25, -0.2) is 9.97 Å². The molecule has 0 saturated carbocycles. The van der Waals surface area contributed by atoms with Crippen molar-refractivity contribution in [2.75, 3.05) is 13.2 Å². The van der Waals surface area contributed by atoms with E-state index >= 15 is 0 Å². The first-order valence-corrected chi connectivity index (χ1v) is 6.76. The summed E-state index contributed by atoms with van der Waals surface area (Å²) in [4.78, 5) is 18.4. The van der Waals surface area contributed by atoms with E-state index in [-0.39, 0.29) is 16.2 Å². The molecule has 0 aromatic carbocycles. The van der Waals surface area contributed by atoms with Crippen molar-refractivity contribution in [3.63, 3.8) is 0 Å². The lowest BCUT2D eigenvalue weighted by Gasteiger charge is -2.20. The molecule has 0 unspecified atom stereocenters. The second-order valence-corrected chi connectivity index (χ2v) is 5.55. The quantitative estimate of drug-likeness (QED) is 0.368. The van der Waals surface area contributed by atoms with E-state index < -0.39 is 4.92 Å². The molecule has 0 bridgehead atoms. The first-order chi connectivity index (χ1) is 8.58. The Hall–Kier alpha value is -0.920. The van der Waals surface area contributed by atoms with E-state index in [1.807, 2.05) is 0 Å². The zero-order chi connectivity index (χ0) is 13.1. The van der Waals surface area contributed by atoms with Crippen molar-refractivity contribution in [2.45, 2.75) is 30.0 Å². The van der Waals surface area contributed by atoms with Crippen molar-refractivity contribution in [2.24, 2.45) is 0 Å². The summed E-state index contributed by atoms with van der Waals surface area (Å²) < 4.78 is 5.26. The minimum Gasteiger partial charge on any atom is -0.381 e. The largest absolute Gasteiger partial charge is 0.381 e. The van der Waals surface area contributed by atoms with Crippen LogP contribution in [0.15, 0.2) is 5.03 Å². The molecule has 98 valence electrons. The lowest BCUT2D eigenvalue weighted by molar-refractivity contribution is -0.389. The van der Waals surface area contributed by atoms with Gasteiger partial charge in [0.2, 0.25) is 5.28 Å². The molecule has 1 aliphatic heterocycles. The summed E-state index contributed by atoms with van der Waals surface area (Å²) in [7, 11) is 0. The zero-order valence-corrected chi connectivity index (χ0v) is 11.3. The van der Waals surface area contributed by atoms with Gasteiger partial charge in [0.15, 0.2) is 5.03 Å². The summed E-state index contributed by atoms with van der Waals surface area (Å²) in [6, 6.07) is 0. The van der Waals surface area contributed by atoms with Gasteiger partial charge in [-0.1, -0.05) is 11.8 Å². The van der Waals surface area contributed by atoms with E-state index in [0.29, 0.717) is 23.9 Å². The molecule has 0 amide bonds. The van der Waals surface area contributed by atoms with Gasteiger partial charge < -0.3 is 4.74 Å². The molecular formula is C10H12ClN3O3S. The van der Waals surface area contributed by atoms with Crippen LogP contribution in [0.3, 0.4) is 0 Å². The fourth-order valence-corrected chi connectivity index (χ4v) is 3.23. The molecule has 1 aromatic heterocycles. The Bertz CT molecular complexity index is 466. The first kappa shape index (κ1) is 13.5. The van der Waals surface area contributed by atoms with Gasteiger partial charge in [0, 0.05) is 18.5 Å². The Morgan fingerprint density at radius 3 is 2.72 bits per heavy atom. The molecule has 0 aliphatic carbocycles. The van der Waals surface area contributed by atoms with Crippen molar-refractivity contribution >= 4 is 29.1 Å². The van der Waals surface area contributed by atoms with E-state index in [1.165, 1.54) is 11.8 Å². The fraction of sp³-hybridized carbons (Fsp3) is 0.600. The predicted octanol–water partition coefficient (Wildman–Crippen LogP) is 2.62. The average molecular weight is 290 g/mol. The topological polar surface area (TPSA) is 78.2 Å². The lowest BCUT2D eigenvalue weighted by Crippen LogP contribution is -2.18. The maximum absolute atomic E-state index is 11.0. The first-order valence-electron chi connectivity index (χ1n) is 5.51. The minimum atomic E-state index is -0.451. The Morgan fingerprint density at radius 2 is 2.11 bits per heavy atom. The second-order valence-electron chi connectivity index (χ2n) is 3.92. The van der Waals surface area contributed by atoms with Crippen LogP contribution in [0.4, 0.5) is 5.69 Å². The molecule has 8 heteroatoms. The van der Waals surface area contributed by atoms with Crippen molar-refractivity contribution in [3.8, 4) is 0 Å². The van der Waals surface area contributed by atoms with Gasteiger partial charge in [0.1, 0.15) is 5.69 Å². The number of thioether (sulfide) groups is 1. The van der Waals surface area contributed by atoms with E-state index in [4.69, 9.17) is 16.3 Å². The highest BCUT2D eigenvalue weighted by molar-refractivity contribution is 8.00. The number of aryl methyl sites for hydroxylation is 1. The Labute approximate surface area is 113 Å². The molecule has 1 aliphatic rings. The van der Waals surface area contributed by atoms with Crippen LogP contribution >= 0.6 is 23.4 Å². The monoisotopic (exact) mass is 289 g/mol. The third-order valence-electron chi connectivity index (χ3n) is 2.63. The molecule has 2 rings (SSSR count). The number of rotatable bonds is 3. The molecule has 1 aromatic rings. The van der Waals surface area contributed by atoms with Crippen molar-refractivity contribution in [3.05, 3.63) is 21.1 Å². The maximum atomic E-state index is 11.0. The molecule has 18 heavy (non-hydrogen) atoms. The standard InChI is InChI=1S/C10H12ClN3O3S/c1-6-8(14(15)16)9(13-10(11)12-6)18-7-2-4-17-5-3-7/h7H,2-5H2,1H3. The highest BCUT2D eigenvalue weighted by Gasteiger charge is 2.25. The third kappa shape index (κ3) is 3.09. The van der Waals surface area contributed by atoms with E-state index in [1.54, 1.807) is 6.92 Å². The number of hydrogen-bond acceptors (Lipinski definition) is 6. The van der Waals surface area contributed by atoms with Crippen molar-refractivity contribution in [1.29, 1.82) is 0 Å². The number of aromatic nitrogens is 2. The van der Waals surface area contributed by atoms with Gasteiger partial charge in [-0.15, -0.1) is 0 Å². The summed E-state index contributed by atoms with van der Waals surface area (Å²) in [5.74, 6) is 0. The molecule has 6 nitrogen and oxygen atoms in total. The highest BCUT2D eigenvalue weighted by atomic mass is 35.5. The molecule has 1 fully saturated rings. The Morgan fingerprint density at radius 1 is 1.44 bits per heavy atom. The third-order valence-corrected chi connectivity index (χ3v) is 4.11. The van der Waals surface area contributed by atoms with Gasteiger partial charge in [0.05, 0.1) is 4.92 Å². The number of hydrogen-bond donors (Lipinski definition) is 0. The summed E-state index contributed by atoms with van der Waals surface area (Å²) in [6.45, 7) is 2.94. The number of ether oxygens (including phenoxy) is 1. The fourth-order valence-electron chi connectivity index (χ4n) is 1.75. The molecule has 2 heterocycles. The van der Waals surface area contributed by atoms with Gasteiger partial charge in [0.25, 0.3) is 0 Å². The molecular weight excluding hydrogens is 278 g/mol. The lowest BCUT2D eigenvalue weighted by atomic mass is 10.2. The van der Waals surface area contributed by atoms with Crippen LogP contribution in [0.25, 0.3) is 0 Å². The van der Waals surface area contributed by atoms with Gasteiger partial charge in [-0.2, -0.15) is 0 Å². The Balaban J connectivity index is 2.27. The van der Waals surface area contributed by atoms with Crippen LogP contribution in [-0.4, -0.2) is 33.4 Å². The van der Waals surface area contributed by atoms with Gasteiger partial charge in [-0.3, -0.25) is 10.1 Å². The van der Waals surface area contributed by atoms with Crippen LogP contribution in [0.2, 0.25) is 5.28 Å². The molecule has 0 atom stereocenters. The van der Waals surface area contributed by atoms with Crippen LogP contribution < -0.4 is 0 Å². The molecule has 0 N–H and O–H groups in total. The summed E-state index contributed by atoms with van der Waals surface area (Å²) in [5, 5.41) is 11.7. The Kier molecular flexibility index (Phi) is 4.36. The molecule has 0 spiro atoms. The zero-order valence-electron chi connectivity index (χ0n) is 9.76. The van der Waals surface area contributed by atoms with Crippen molar-refractivity contribution in [1.82, 2.24) is 9.97 Å². The van der Waals surface area contributed by atoms with E-state index in [0.717, 1.165) is 12.8 Å². The number of nitrogens with zero attached hydrogens (tertiary/aromatic N) is 3. The van der Waals surface area contributed by atoms with Crippen molar-refractivity contribution < 1.29 is 9.66 Å². The van der Waals surface area contributed by atoms with Gasteiger partial charge >= 0.3 is 5.69 Å². The summed E-state index contributed by atoms with van der Waals surface area (Å²) in [5.41, 5.74) is 0.255. The minimum absolute atomic E-state index is 0.0455. The predicted molar refractivity (Wildman–Crippen MR) is 68.1 cm³/mol. The van der Waals surface area contributed by atoms with E-state index in [9.17, 15) is 10.1 Å². The normalized spacial score (nSPS) is 16.8. The highest BCUT2D eigenvalue weighted by Crippen LogP contribution is 2.36. The maximum Gasteiger partial charge on any atom is 0.322 e. The smallest absolute Gasteiger partial charge is 0.322 e. The molecule has 1 saturated heterocycles. The number of nitro groups is 1. The SMILES string of the molecule is Cc1nc(Cl)nc(SC2CCOCC2)c1[N+](=O)[O-]. The molecule has 0 radical (unpaired) electrons. The van der Waals surface area contributed by atoms with E-state index in [2.05, 4.69) is 9.97 Å². The van der Waals surface area contributed by atoms with Crippen LogP contribution in [0, 0.1) is 17.0 Å². The number of halogens is 1. The van der Waals surface area contributed by atoms with Crippen LogP contribution in [0.5, 0.6) is 0 Å². The van der Waals surface area contributed by atoms with Crippen LogP contribution in [0.1, 0.15) is 18.5 Å². The summed E-state index contributed by atoms with van der Waals surface area (Å²) in [6.07, 6.45) is 1.73. The average Bonchev–Trinajstić information content (AvgIpc) is 2.28.